The summed E-state index contributed by atoms with van der Waals surface area (Å²) in [6.45, 7) is 0.587. The molecule has 6 heteroatoms. The number of fused-ring (bicyclic) bond motifs is 1. The smallest absolute Gasteiger partial charge is 0.240 e. The van der Waals surface area contributed by atoms with Crippen molar-refractivity contribution in [2.24, 2.45) is 22.9 Å². The first-order valence-corrected chi connectivity index (χ1v) is 7.96. The molecular formula is C13H16FNO3S. The van der Waals surface area contributed by atoms with Crippen LogP contribution in [0.15, 0.2) is 23.1 Å². The Hall–Kier alpha value is -1.14. The zero-order valence-electron chi connectivity index (χ0n) is 10.4. The summed E-state index contributed by atoms with van der Waals surface area (Å²) in [5.74, 6) is 1.66. The Kier molecular flexibility index (Phi) is 3.02. The third-order valence-electron chi connectivity index (χ3n) is 4.24. The van der Waals surface area contributed by atoms with Crippen molar-refractivity contribution in [2.45, 2.75) is 24.2 Å². The van der Waals surface area contributed by atoms with E-state index in [1.807, 2.05) is 0 Å². The van der Waals surface area contributed by atoms with Gasteiger partial charge in [0.25, 0.3) is 0 Å². The summed E-state index contributed by atoms with van der Waals surface area (Å²) in [6.07, 6.45) is 3.86. The van der Waals surface area contributed by atoms with E-state index in [4.69, 9.17) is 9.88 Å². The molecule has 2 saturated carbocycles. The van der Waals surface area contributed by atoms with Gasteiger partial charge < -0.3 is 4.74 Å². The Labute approximate surface area is 111 Å². The Bertz CT molecular complexity index is 592. The first-order valence-electron chi connectivity index (χ1n) is 6.42. The van der Waals surface area contributed by atoms with Gasteiger partial charge in [0.05, 0.1) is 6.61 Å². The zero-order chi connectivity index (χ0) is 13.6. The number of halogens is 1. The fourth-order valence-corrected chi connectivity index (χ4v) is 3.80. The van der Waals surface area contributed by atoms with E-state index in [1.165, 1.54) is 25.3 Å². The Morgan fingerprint density at radius 3 is 2.58 bits per heavy atom. The maximum absolute atomic E-state index is 13.6. The van der Waals surface area contributed by atoms with Crippen LogP contribution in [0, 0.1) is 23.6 Å². The molecule has 2 aliphatic rings. The Balaban J connectivity index is 1.64. The number of rotatable bonds is 4. The van der Waals surface area contributed by atoms with Gasteiger partial charge in [0.1, 0.15) is 16.5 Å². The minimum absolute atomic E-state index is 0.356. The molecule has 1 aromatic carbocycles. The van der Waals surface area contributed by atoms with Gasteiger partial charge in [-0.05, 0) is 42.7 Å². The SMILES string of the molecule is NS(=O)(=O)c1ccc(OCC2C3CCCC32)cc1F. The second-order valence-electron chi connectivity index (χ2n) is 5.37. The molecule has 0 aliphatic heterocycles. The third kappa shape index (κ3) is 2.47. The number of sulfonamides is 1. The van der Waals surface area contributed by atoms with Gasteiger partial charge in [0.2, 0.25) is 10.0 Å². The number of hydrogen-bond donors (Lipinski definition) is 1. The first-order chi connectivity index (χ1) is 8.97. The van der Waals surface area contributed by atoms with Gasteiger partial charge in [0.15, 0.2) is 0 Å². The number of primary sulfonamides is 1. The molecular weight excluding hydrogens is 269 g/mol. The summed E-state index contributed by atoms with van der Waals surface area (Å²) in [5, 5.41) is 4.89. The summed E-state index contributed by atoms with van der Waals surface area (Å²) in [6, 6.07) is 3.67. The molecule has 0 radical (unpaired) electrons. The fourth-order valence-electron chi connectivity index (χ4n) is 3.21. The maximum Gasteiger partial charge on any atom is 0.240 e. The van der Waals surface area contributed by atoms with E-state index in [0.29, 0.717) is 18.3 Å². The van der Waals surface area contributed by atoms with Crippen LogP contribution in [0.1, 0.15) is 19.3 Å². The van der Waals surface area contributed by atoms with Crippen molar-refractivity contribution in [1.29, 1.82) is 0 Å². The van der Waals surface area contributed by atoms with Crippen LogP contribution in [-0.4, -0.2) is 15.0 Å². The summed E-state index contributed by atoms with van der Waals surface area (Å²) >= 11 is 0. The highest BCUT2D eigenvalue weighted by molar-refractivity contribution is 7.89. The molecule has 3 rings (SSSR count). The van der Waals surface area contributed by atoms with Crippen LogP contribution in [0.25, 0.3) is 0 Å². The highest BCUT2D eigenvalue weighted by atomic mass is 32.2. The molecule has 0 amide bonds. The highest BCUT2D eigenvalue weighted by Gasteiger charge is 2.52. The average Bonchev–Trinajstić information content (AvgIpc) is 2.76. The van der Waals surface area contributed by atoms with Gasteiger partial charge in [-0.3, -0.25) is 0 Å². The highest BCUT2D eigenvalue weighted by Crippen LogP contribution is 2.57. The number of hydrogen-bond acceptors (Lipinski definition) is 3. The second kappa shape index (κ2) is 4.45. The van der Waals surface area contributed by atoms with Crippen LogP contribution in [0.5, 0.6) is 5.75 Å². The Morgan fingerprint density at radius 1 is 1.32 bits per heavy atom. The molecule has 1 aromatic rings. The van der Waals surface area contributed by atoms with Gasteiger partial charge in [0, 0.05) is 6.07 Å². The van der Waals surface area contributed by atoms with Gasteiger partial charge in [-0.15, -0.1) is 0 Å². The van der Waals surface area contributed by atoms with Gasteiger partial charge in [-0.2, -0.15) is 0 Å². The van der Waals surface area contributed by atoms with E-state index in [0.717, 1.165) is 24.0 Å². The Morgan fingerprint density at radius 2 is 2.00 bits per heavy atom. The molecule has 0 saturated heterocycles. The molecule has 0 heterocycles. The lowest BCUT2D eigenvalue weighted by molar-refractivity contribution is 0.277. The van der Waals surface area contributed by atoms with Gasteiger partial charge in [-0.1, -0.05) is 6.42 Å². The minimum atomic E-state index is -4.01. The normalized spacial score (nSPS) is 29.1. The maximum atomic E-state index is 13.6. The van der Waals surface area contributed by atoms with Crippen molar-refractivity contribution in [3.8, 4) is 5.75 Å². The number of benzene rings is 1. The second-order valence-corrected chi connectivity index (χ2v) is 6.90. The summed E-state index contributed by atoms with van der Waals surface area (Å²) in [5.41, 5.74) is 0. The molecule has 2 aliphatic carbocycles. The number of ether oxygens (including phenoxy) is 1. The van der Waals surface area contributed by atoms with E-state index in [9.17, 15) is 12.8 Å². The molecule has 0 aromatic heterocycles. The van der Waals surface area contributed by atoms with Crippen molar-refractivity contribution in [3.63, 3.8) is 0 Å². The summed E-state index contributed by atoms with van der Waals surface area (Å²) in [4.78, 5) is -0.497. The van der Waals surface area contributed by atoms with Crippen molar-refractivity contribution in [1.82, 2.24) is 0 Å². The van der Waals surface area contributed by atoms with Gasteiger partial charge >= 0.3 is 0 Å². The zero-order valence-corrected chi connectivity index (χ0v) is 11.2. The molecule has 2 atom stereocenters. The molecule has 104 valence electrons. The van der Waals surface area contributed by atoms with E-state index < -0.39 is 20.7 Å². The van der Waals surface area contributed by atoms with Crippen LogP contribution >= 0.6 is 0 Å². The molecule has 2 unspecified atom stereocenters. The molecule has 0 spiro atoms. The molecule has 0 bridgehead atoms. The minimum Gasteiger partial charge on any atom is -0.493 e. The standard InChI is InChI=1S/C13H16FNO3S/c14-12-6-8(4-5-13(12)19(15,16)17)18-7-11-9-2-1-3-10(9)11/h4-6,9-11H,1-3,7H2,(H2,15,16,17). The molecule has 4 nitrogen and oxygen atoms in total. The van der Waals surface area contributed by atoms with Crippen molar-refractivity contribution >= 4 is 10.0 Å². The lowest BCUT2D eigenvalue weighted by Crippen LogP contribution is -2.14. The van der Waals surface area contributed by atoms with Gasteiger partial charge in [-0.25, -0.2) is 17.9 Å². The van der Waals surface area contributed by atoms with E-state index >= 15 is 0 Å². The van der Waals surface area contributed by atoms with E-state index in [-0.39, 0.29) is 0 Å². The summed E-state index contributed by atoms with van der Waals surface area (Å²) in [7, 11) is -4.01. The fraction of sp³-hybridized carbons (Fsp3) is 0.538. The predicted molar refractivity (Wildman–Crippen MR) is 67.6 cm³/mol. The van der Waals surface area contributed by atoms with Crippen LogP contribution in [0.4, 0.5) is 4.39 Å². The largest absolute Gasteiger partial charge is 0.493 e. The quantitative estimate of drug-likeness (QED) is 0.918. The van der Waals surface area contributed by atoms with E-state index in [2.05, 4.69) is 0 Å². The van der Waals surface area contributed by atoms with Crippen LogP contribution in [-0.2, 0) is 10.0 Å². The monoisotopic (exact) mass is 285 g/mol. The molecule has 2 fully saturated rings. The van der Waals surface area contributed by atoms with Crippen molar-refractivity contribution in [3.05, 3.63) is 24.0 Å². The third-order valence-corrected chi connectivity index (χ3v) is 5.18. The predicted octanol–water partition coefficient (Wildman–Crippen LogP) is 1.90. The summed E-state index contributed by atoms with van der Waals surface area (Å²) < 4.78 is 41.3. The van der Waals surface area contributed by atoms with Crippen LogP contribution < -0.4 is 9.88 Å². The number of nitrogens with two attached hydrogens (primary N) is 1. The molecule has 19 heavy (non-hydrogen) atoms. The topological polar surface area (TPSA) is 69.4 Å². The van der Waals surface area contributed by atoms with Crippen molar-refractivity contribution < 1.29 is 17.5 Å². The lowest BCUT2D eigenvalue weighted by atomic mass is 10.1. The van der Waals surface area contributed by atoms with Crippen LogP contribution in [0.3, 0.4) is 0 Å². The lowest BCUT2D eigenvalue weighted by Gasteiger charge is -2.08. The molecule has 2 N–H and O–H groups in total. The van der Waals surface area contributed by atoms with Crippen molar-refractivity contribution in [2.75, 3.05) is 6.61 Å². The van der Waals surface area contributed by atoms with E-state index in [1.54, 1.807) is 0 Å². The van der Waals surface area contributed by atoms with Crippen LogP contribution in [0.2, 0.25) is 0 Å². The average molecular weight is 285 g/mol. The first kappa shape index (κ1) is 12.9.